The van der Waals surface area contributed by atoms with Crippen LogP contribution in [0.5, 0.6) is 0 Å². The number of benzene rings is 1. The van der Waals surface area contributed by atoms with Gasteiger partial charge < -0.3 is 21.1 Å². The number of primary amides is 1. The molecular weight excluding hydrogens is 382 g/mol. The van der Waals surface area contributed by atoms with Crippen LogP contribution in [0.25, 0.3) is 11.4 Å². The van der Waals surface area contributed by atoms with E-state index < -0.39 is 11.5 Å². The molecule has 4 N–H and O–H groups in total. The molecule has 8 heteroatoms. The van der Waals surface area contributed by atoms with Crippen LogP contribution in [-0.2, 0) is 4.79 Å². The number of carbonyl (C=O) groups excluding carboxylic acids is 2. The van der Waals surface area contributed by atoms with E-state index in [-0.39, 0.29) is 12.1 Å². The standard InChI is InChI=1S/C22H25N5O3/c1-15-7-11-27(15)19-13-18(20(23)29)25-21(26-19)17-5-3-4-16(12-17)6-8-22(30,14-28)9-10-24-2/h3-5,12-15,24,30H,7,9-11H2,1-2H3,(H2,23,29)/t15-,22-/m0/s1. The number of rotatable bonds is 7. The molecule has 1 fully saturated rings. The third-order valence-electron chi connectivity index (χ3n) is 5.07. The van der Waals surface area contributed by atoms with Crippen LogP contribution in [0.1, 0.15) is 35.8 Å². The predicted octanol–water partition coefficient (Wildman–Crippen LogP) is 0.732. The van der Waals surface area contributed by atoms with Crippen molar-refractivity contribution in [2.75, 3.05) is 25.0 Å². The second kappa shape index (κ2) is 9.03. The number of aliphatic hydroxyl groups is 1. The lowest BCUT2D eigenvalue weighted by molar-refractivity contribution is -0.119. The molecule has 2 aromatic rings. The Morgan fingerprint density at radius 2 is 2.23 bits per heavy atom. The third kappa shape index (κ3) is 4.82. The molecule has 0 aliphatic carbocycles. The second-order valence-corrected chi connectivity index (χ2v) is 7.36. The maximum Gasteiger partial charge on any atom is 0.267 e. The lowest BCUT2D eigenvalue weighted by atomic mass is 10.0. The summed E-state index contributed by atoms with van der Waals surface area (Å²) in [5, 5.41) is 13.2. The Labute approximate surface area is 175 Å². The molecule has 3 rings (SSSR count). The monoisotopic (exact) mass is 407 g/mol. The molecule has 0 radical (unpaired) electrons. The molecular formula is C22H25N5O3. The number of anilines is 1. The van der Waals surface area contributed by atoms with Gasteiger partial charge in [0, 0.05) is 36.2 Å². The highest BCUT2D eigenvalue weighted by Gasteiger charge is 2.26. The largest absolute Gasteiger partial charge is 0.371 e. The van der Waals surface area contributed by atoms with Gasteiger partial charge in [0.15, 0.2) is 17.7 Å². The summed E-state index contributed by atoms with van der Waals surface area (Å²) in [5.74, 6) is 5.88. The van der Waals surface area contributed by atoms with E-state index in [0.717, 1.165) is 13.0 Å². The lowest BCUT2D eigenvalue weighted by Gasteiger charge is -2.39. The molecule has 156 valence electrons. The zero-order valence-electron chi connectivity index (χ0n) is 17.1. The van der Waals surface area contributed by atoms with Gasteiger partial charge in [0.25, 0.3) is 5.91 Å². The van der Waals surface area contributed by atoms with Gasteiger partial charge in [-0.25, -0.2) is 9.97 Å². The Balaban J connectivity index is 1.95. The van der Waals surface area contributed by atoms with Crippen LogP contribution in [0.4, 0.5) is 5.82 Å². The number of nitrogens with one attached hydrogen (secondary N) is 1. The minimum atomic E-state index is -1.72. The molecule has 1 amide bonds. The average Bonchev–Trinajstić information content (AvgIpc) is 2.75. The van der Waals surface area contributed by atoms with Crippen molar-refractivity contribution in [1.82, 2.24) is 15.3 Å². The molecule has 1 aliphatic rings. The highest BCUT2D eigenvalue weighted by atomic mass is 16.3. The van der Waals surface area contributed by atoms with Crippen molar-refractivity contribution < 1.29 is 14.7 Å². The van der Waals surface area contributed by atoms with Gasteiger partial charge in [-0.3, -0.25) is 9.59 Å². The first-order valence-corrected chi connectivity index (χ1v) is 9.77. The summed E-state index contributed by atoms with van der Waals surface area (Å²) >= 11 is 0. The highest BCUT2D eigenvalue weighted by Crippen LogP contribution is 2.27. The molecule has 1 aromatic heterocycles. The Morgan fingerprint density at radius 3 is 2.83 bits per heavy atom. The molecule has 2 atom stereocenters. The first-order valence-electron chi connectivity index (χ1n) is 9.77. The molecule has 1 saturated heterocycles. The molecule has 1 aliphatic heterocycles. The number of aldehydes is 1. The number of hydrogen-bond acceptors (Lipinski definition) is 7. The first-order chi connectivity index (χ1) is 14.3. The normalized spacial score (nSPS) is 17.3. The molecule has 0 spiro atoms. The molecule has 8 nitrogen and oxygen atoms in total. The van der Waals surface area contributed by atoms with Gasteiger partial charge in [-0.05, 0) is 39.1 Å². The van der Waals surface area contributed by atoms with Gasteiger partial charge in [0.05, 0.1) is 0 Å². The van der Waals surface area contributed by atoms with Crippen LogP contribution in [0, 0.1) is 11.8 Å². The zero-order valence-corrected chi connectivity index (χ0v) is 17.1. The van der Waals surface area contributed by atoms with E-state index in [0.29, 0.717) is 41.6 Å². The summed E-state index contributed by atoms with van der Waals surface area (Å²) in [6, 6.07) is 9.04. The summed E-state index contributed by atoms with van der Waals surface area (Å²) < 4.78 is 0. The van der Waals surface area contributed by atoms with Crippen molar-refractivity contribution in [3.63, 3.8) is 0 Å². The smallest absolute Gasteiger partial charge is 0.267 e. The van der Waals surface area contributed by atoms with E-state index >= 15 is 0 Å². The van der Waals surface area contributed by atoms with Gasteiger partial charge in [0.1, 0.15) is 11.5 Å². The summed E-state index contributed by atoms with van der Waals surface area (Å²) in [6.07, 6.45) is 1.69. The van der Waals surface area contributed by atoms with E-state index in [1.807, 2.05) is 6.07 Å². The van der Waals surface area contributed by atoms with E-state index in [2.05, 4.69) is 38.9 Å². The number of amides is 1. The van der Waals surface area contributed by atoms with Crippen LogP contribution >= 0.6 is 0 Å². The molecule has 0 saturated carbocycles. The maximum atomic E-state index is 11.8. The number of aromatic nitrogens is 2. The zero-order chi connectivity index (χ0) is 21.7. The highest BCUT2D eigenvalue weighted by molar-refractivity contribution is 5.92. The van der Waals surface area contributed by atoms with E-state index in [4.69, 9.17) is 5.73 Å². The number of nitrogens with zero attached hydrogens (tertiary/aromatic N) is 3. The van der Waals surface area contributed by atoms with Crippen LogP contribution in [0.3, 0.4) is 0 Å². The Hall–Kier alpha value is -3.28. The van der Waals surface area contributed by atoms with Crippen molar-refractivity contribution in [2.45, 2.75) is 31.4 Å². The molecule has 30 heavy (non-hydrogen) atoms. The Morgan fingerprint density at radius 1 is 1.43 bits per heavy atom. The van der Waals surface area contributed by atoms with Crippen molar-refractivity contribution >= 4 is 18.0 Å². The van der Waals surface area contributed by atoms with Gasteiger partial charge in [-0.2, -0.15) is 0 Å². The topological polar surface area (TPSA) is 121 Å². The summed E-state index contributed by atoms with van der Waals surface area (Å²) in [7, 11) is 1.73. The van der Waals surface area contributed by atoms with Crippen molar-refractivity contribution in [3.05, 3.63) is 41.6 Å². The van der Waals surface area contributed by atoms with E-state index in [1.165, 1.54) is 0 Å². The van der Waals surface area contributed by atoms with Crippen molar-refractivity contribution in [3.8, 4) is 23.2 Å². The van der Waals surface area contributed by atoms with Crippen molar-refractivity contribution in [1.29, 1.82) is 0 Å². The molecule has 0 bridgehead atoms. The predicted molar refractivity (Wildman–Crippen MR) is 114 cm³/mol. The number of carbonyl (C=O) groups is 2. The van der Waals surface area contributed by atoms with Crippen LogP contribution in [0.2, 0.25) is 0 Å². The summed E-state index contributed by atoms with van der Waals surface area (Å²) in [4.78, 5) is 34.0. The van der Waals surface area contributed by atoms with Crippen LogP contribution in [-0.4, -0.2) is 59.0 Å². The van der Waals surface area contributed by atoms with Gasteiger partial charge in [-0.1, -0.05) is 24.0 Å². The van der Waals surface area contributed by atoms with Crippen LogP contribution in [0.15, 0.2) is 30.3 Å². The third-order valence-corrected chi connectivity index (χ3v) is 5.07. The molecule has 2 heterocycles. The van der Waals surface area contributed by atoms with Gasteiger partial charge in [0.2, 0.25) is 0 Å². The average molecular weight is 407 g/mol. The van der Waals surface area contributed by atoms with Gasteiger partial charge in [-0.15, -0.1) is 0 Å². The summed E-state index contributed by atoms with van der Waals surface area (Å²) in [5.41, 5.74) is 5.14. The fourth-order valence-corrected chi connectivity index (χ4v) is 3.08. The number of nitrogens with two attached hydrogens (primary N) is 1. The first kappa shape index (κ1) is 21.4. The SMILES string of the molecule is CNCC[C@@](O)(C#Cc1cccc(-c2nc(C(N)=O)cc(N3CC[C@@H]3C)n2)c1)C=O. The van der Waals surface area contributed by atoms with Crippen LogP contribution < -0.4 is 16.0 Å². The fourth-order valence-electron chi connectivity index (χ4n) is 3.08. The maximum absolute atomic E-state index is 11.8. The molecule has 1 aromatic carbocycles. The fraction of sp³-hybridized carbons (Fsp3) is 0.364. The summed E-state index contributed by atoms with van der Waals surface area (Å²) in [6.45, 7) is 3.40. The second-order valence-electron chi connectivity index (χ2n) is 7.36. The van der Waals surface area contributed by atoms with E-state index in [1.54, 1.807) is 31.3 Å². The minimum Gasteiger partial charge on any atom is -0.371 e. The lowest BCUT2D eigenvalue weighted by Crippen LogP contribution is -2.46. The molecule has 0 unspecified atom stereocenters. The van der Waals surface area contributed by atoms with Gasteiger partial charge >= 0.3 is 0 Å². The quantitative estimate of drug-likeness (QED) is 0.457. The number of hydrogen-bond donors (Lipinski definition) is 3. The van der Waals surface area contributed by atoms with Crippen molar-refractivity contribution in [2.24, 2.45) is 5.73 Å². The Kier molecular flexibility index (Phi) is 6.45. The Bertz CT molecular complexity index is 1010. The minimum absolute atomic E-state index is 0.146. The van der Waals surface area contributed by atoms with E-state index in [9.17, 15) is 14.7 Å².